The van der Waals surface area contributed by atoms with Crippen LogP contribution in [-0.2, 0) is 4.79 Å². The molecule has 3 aliphatic rings. The molecule has 1 amide bonds. The summed E-state index contributed by atoms with van der Waals surface area (Å²) >= 11 is 1.88. The molecule has 0 bridgehead atoms. The highest BCUT2D eigenvalue weighted by Crippen LogP contribution is 2.50. The van der Waals surface area contributed by atoms with Crippen molar-refractivity contribution < 1.29 is 4.79 Å². The molecule has 1 fully saturated rings. The van der Waals surface area contributed by atoms with Crippen molar-refractivity contribution in [1.29, 1.82) is 0 Å². The molecule has 1 aromatic carbocycles. The van der Waals surface area contributed by atoms with Crippen LogP contribution in [0, 0.1) is 12.8 Å². The Morgan fingerprint density at radius 1 is 1.30 bits per heavy atom. The Labute approximate surface area is 123 Å². The van der Waals surface area contributed by atoms with E-state index < -0.39 is 0 Å². The van der Waals surface area contributed by atoms with Gasteiger partial charge >= 0.3 is 0 Å². The summed E-state index contributed by atoms with van der Waals surface area (Å²) in [5.41, 5.74) is 3.76. The first kappa shape index (κ1) is 12.5. The van der Waals surface area contributed by atoms with Gasteiger partial charge in [0.15, 0.2) is 0 Å². The van der Waals surface area contributed by atoms with Gasteiger partial charge in [0, 0.05) is 0 Å². The molecule has 1 aliphatic carbocycles. The van der Waals surface area contributed by atoms with E-state index in [1.165, 1.54) is 22.5 Å². The number of carbonyl (C=O) groups is 1. The van der Waals surface area contributed by atoms with Crippen LogP contribution in [0.15, 0.2) is 34.7 Å². The Morgan fingerprint density at radius 2 is 2.20 bits per heavy atom. The summed E-state index contributed by atoms with van der Waals surface area (Å²) in [4.78, 5) is 14.0. The van der Waals surface area contributed by atoms with Crippen LogP contribution in [0.25, 0.3) is 0 Å². The van der Waals surface area contributed by atoms with E-state index in [4.69, 9.17) is 0 Å². The largest absolute Gasteiger partial charge is 0.336 e. The third-order valence-corrected chi connectivity index (χ3v) is 5.84. The Balaban J connectivity index is 1.60. The first-order valence-corrected chi connectivity index (χ1v) is 8.12. The van der Waals surface area contributed by atoms with E-state index in [-0.39, 0.29) is 23.4 Å². The van der Waals surface area contributed by atoms with Gasteiger partial charge in [0.05, 0.1) is 11.3 Å². The number of fused-ring (bicyclic) bond motifs is 2. The first-order valence-electron chi connectivity index (χ1n) is 7.24. The molecule has 3 unspecified atom stereocenters. The Kier molecular flexibility index (Phi) is 2.89. The van der Waals surface area contributed by atoms with Gasteiger partial charge in [-0.15, -0.1) is 11.8 Å². The molecule has 1 aromatic rings. The molecule has 104 valence electrons. The standard InChI is InChI=1S/C16H18N2OS/c1-9-4-2-5-10(8-9)14-17-15(19)13-11-6-3-7-12(11)20-16(13)18-14/h2,4-5,8,13-14,16,18H,3,6-7H2,1H3,(H,17,19). The Morgan fingerprint density at radius 3 is 3.05 bits per heavy atom. The topological polar surface area (TPSA) is 41.1 Å². The Hall–Kier alpha value is -1.26. The average Bonchev–Trinajstić information content (AvgIpc) is 2.98. The van der Waals surface area contributed by atoms with Crippen LogP contribution < -0.4 is 10.6 Å². The van der Waals surface area contributed by atoms with Crippen LogP contribution in [0.3, 0.4) is 0 Å². The lowest BCUT2D eigenvalue weighted by molar-refractivity contribution is -0.127. The minimum Gasteiger partial charge on any atom is -0.336 e. The molecule has 3 atom stereocenters. The second-order valence-corrected chi connectivity index (χ2v) is 7.08. The fourth-order valence-electron chi connectivity index (χ4n) is 3.50. The van der Waals surface area contributed by atoms with Crippen molar-refractivity contribution in [3.8, 4) is 0 Å². The van der Waals surface area contributed by atoms with Gasteiger partial charge in [-0.1, -0.05) is 29.8 Å². The quantitative estimate of drug-likeness (QED) is 0.834. The van der Waals surface area contributed by atoms with Gasteiger partial charge in [0.2, 0.25) is 5.91 Å². The molecule has 1 saturated heterocycles. The average molecular weight is 286 g/mol. The monoisotopic (exact) mass is 286 g/mol. The maximum absolute atomic E-state index is 12.5. The highest BCUT2D eigenvalue weighted by atomic mass is 32.2. The maximum Gasteiger partial charge on any atom is 0.231 e. The lowest BCUT2D eigenvalue weighted by Gasteiger charge is -2.35. The van der Waals surface area contributed by atoms with Crippen molar-refractivity contribution in [2.24, 2.45) is 5.92 Å². The smallest absolute Gasteiger partial charge is 0.231 e. The fraction of sp³-hybridized carbons (Fsp3) is 0.438. The summed E-state index contributed by atoms with van der Waals surface area (Å²) in [5.74, 6) is 0.248. The van der Waals surface area contributed by atoms with Gasteiger partial charge in [-0.2, -0.15) is 0 Å². The highest BCUT2D eigenvalue weighted by molar-refractivity contribution is 8.04. The van der Waals surface area contributed by atoms with Crippen molar-refractivity contribution in [3.63, 3.8) is 0 Å². The van der Waals surface area contributed by atoms with Crippen molar-refractivity contribution >= 4 is 17.7 Å². The zero-order chi connectivity index (χ0) is 13.7. The number of thioether (sulfide) groups is 1. The molecule has 0 saturated carbocycles. The van der Waals surface area contributed by atoms with Gasteiger partial charge < -0.3 is 5.32 Å². The van der Waals surface area contributed by atoms with E-state index in [9.17, 15) is 4.79 Å². The molecule has 2 aliphatic heterocycles. The van der Waals surface area contributed by atoms with Crippen molar-refractivity contribution in [2.75, 3.05) is 0 Å². The third-order valence-electron chi connectivity index (χ3n) is 4.43. The number of rotatable bonds is 1. The molecule has 20 heavy (non-hydrogen) atoms. The minimum absolute atomic E-state index is 0.0542. The van der Waals surface area contributed by atoms with E-state index in [0.717, 1.165) is 18.4 Å². The SMILES string of the molecule is Cc1cccc(C2NC(=O)C3C4=C(CCC4)SC3N2)c1. The lowest BCUT2D eigenvalue weighted by atomic mass is 9.94. The lowest BCUT2D eigenvalue weighted by Crippen LogP contribution is -2.54. The fourth-order valence-corrected chi connectivity index (χ4v) is 5.08. The number of amides is 1. The molecule has 4 rings (SSSR count). The molecule has 4 heteroatoms. The number of allylic oxidation sites excluding steroid dienone is 1. The zero-order valence-corrected chi connectivity index (χ0v) is 12.3. The summed E-state index contributed by atoms with van der Waals surface area (Å²) in [6.45, 7) is 2.08. The normalized spacial score (nSPS) is 32.0. The molecule has 0 aromatic heterocycles. The predicted molar refractivity (Wildman–Crippen MR) is 80.9 cm³/mol. The van der Waals surface area contributed by atoms with E-state index in [0.29, 0.717) is 0 Å². The molecular weight excluding hydrogens is 268 g/mol. The second kappa shape index (κ2) is 4.64. The first-order chi connectivity index (χ1) is 9.72. The third kappa shape index (κ3) is 1.90. The number of nitrogens with one attached hydrogen (secondary N) is 2. The van der Waals surface area contributed by atoms with E-state index in [1.807, 2.05) is 17.8 Å². The van der Waals surface area contributed by atoms with Gasteiger partial charge in [0.1, 0.15) is 6.17 Å². The van der Waals surface area contributed by atoms with Gasteiger partial charge in [-0.25, -0.2) is 0 Å². The summed E-state index contributed by atoms with van der Waals surface area (Å²) in [6, 6.07) is 8.34. The van der Waals surface area contributed by atoms with E-state index in [1.54, 1.807) is 0 Å². The van der Waals surface area contributed by atoms with Crippen LogP contribution in [-0.4, -0.2) is 11.3 Å². The van der Waals surface area contributed by atoms with E-state index in [2.05, 4.69) is 35.8 Å². The molecular formula is C16H18N2OS. The summed E-state index contributed by atoms with van der Waals surface area (Å²) in [7, 11) is 0. The van der Waals surface area contributed by atoms with Gasteiger partial charge in [0.25, 0.3) is 0 Å². The molecule has 2 N–H and O–H groups in total. The highest BCUT2D eigenvalue weighted by Gasteiger charge is 2.45. The molecule has 3 nitrogen and oxygen atoms in total. The Bertz CT molecular complexity index is 610. The van der Waals surface area contributed by atoms with Crippen LogP contribution in [0.1, 0.15) is 36.6 Å². The number of carbonyl (C=O) groups excluding carboxylic acids is 1. The van der Waals surface area contributed by atoms with Crippen LogP contribution in [0.4, 0.5) is 0 Å². The number of hydrogen-bond donors (Lipinski definition) is 2. The second-order valence-electron chi connectivity index (χ2n) is 5.84. The molecule has 0 spiro atoms. The molecule has 0 radical (unpaired) electrons. The number of aryl methyl sites for hydroxylation is 1. The molecule has 2 heterocycles. The maximum atomic E-state index is 12.5. The van der Waals surface area contributed by atoms with E-state index >= 15 is 0 Å². The minimum atomic E-state index is -0.0591. The van der Waals surface area contributed by atoms with Crippen molar-refractivity contribution in [1.82, 2.24) is 10.6 Å². The number of benzene rings is 1. The van der Waals surface area contributed by atoms with Gasteiger partial charge in [-0.3, -0.25) is 10.1 Å². The van der Waals surface area contributed by atoms with Crippen molar-refractivity contribution in [3.05, 3.63) is 45.9 Å². The summed E-state index contributed by atoms with van der Waals surface area (Å²) in [6.07, 6.45) is 3.43. The van der Waals surface area contributed by atoms with Gasteiger partial charge in [-0.05, 0) is 42.2 Å². The predicted octanol–water partition coefficient (Wildman–Crippen LogP) is 2.84. The van der Waals surface area contributed by atoms with Crippen LogP contribution in [0.2, 0.25) is 0 Å². The number of hydrogen-bond acceptors (Lipinski definition) is 3. The van der Waals surface area contributed by atoms with Crippen molar-refractivity contribution in [2.45, 2.75) is 37.7 Å². The summed E-state index contributed by atoms with van der Waals surface area (Å²) < 4.78 is 0. The summed E-state index contributed by atoms with van der Waals surface area (Å²) in [5, 5.41) is 6.98. The van der Waals surface area contributed by atoms with Crippen LogP contribution in [0.5, 0.6) is 0 Å². The van der Waals surface area contributed by atoms with Crippen LogP contribution >= 0.6 is 11.8 Å². The zero-order valence-electron chi connectivity index (χ0n) is 11.5.